The first kappa shape index (κ1) is 18.9. The molecular weight excluding hydrogens is 340 g/mol. The van der Waals surface area contributed by atoms with Crippen molar-refractivity contribution in [1.82, 2.24) is 15.1 Å². The first-order chi connectivity index (χ1) is 11.1. The first-order valence-electron chi connectivity index (χ1n) is 7.94. The van der Waals surface area contributed by atoms with Crippen molar-refractivity contribution in [3.05, 3.63) is 29.8 Å². The highest BCUT2D eigenvalue weighted by atomic mass is 35.5. The lowest BCUT2D eigenvalue weighted by molar-refractivity contribution is -0.132. The van der Waals surface area contributed by atoms with Gasteiger partial charge in [-0.1, -0.05) is 0 Å². The number of benzene rings is 1. The molecule has 134 valence electrons. The van der Waals surface area contributed by atoms with Crippen molar-refractivity contribution in [1.29, 1.82) is 0 Å². The Bertz CT molecular complexity index is 570. The number of carbonyl (C=O) groups excluding carboxylic acids is 1. The third-order valence-electron chi connectivity index (χ3n) is 4.43. The number of halogens is 3. The summed E-state index contributed by atoms with van der Waals surface area (Å²) in [6.45, 7) is 5.14. The van der Waals surface area contributed by atoms with E-state index in [2.05, 4.69) is 10.2 Å². The fourth-order valence-electron chi connectivity index (χ4n) is 3.14. The van der Waals surface area contributed by atoms with Crippen LogP contribution < -0.4 is 10.1 Å². The Morgan fingerprint density at radius 3 is 2.71 bits per heavy atom. The fourth-order valence-corrected chi connectivity index (χ4v) is 3.14. The van der Waals surface area contributed by atoms with Gasteiger partial charge in [-0.3, -0.25) is 9.69 Å². The minimum Gasteiger partial charge on any atom is -0.481 e. The lowest BCUT2D eigenvalue weighted by Crippen LogP contribution is -2.49. The highest BCUT2D eigenvalue weighted by molar-refractivity contribution is 5.85. The van der Waals surface area contributed by atoms with Crippen molar-refractivity contribution in [3.8, 4) is 5.75 Å². The molecule has 1 atom stereocenters. The number of amides is 1. The van der Waals surface area contributed by atoms with Gasteiger partial charge in [0.2, 0.25) is 0 Å². The summed E-state index contributed by atoms with van der Waals surface area (Å²) in [6, 6.07) is 3.45. The van der Waals surface area contributed by atoms with E-state index < -0.39 is 11.6 Å². The van der Waals surface area contributed by atoms with Crippen molar-refractivity contribution < 1.29 is 18.3 Å². The van der Waals surface area contributed by atoms with Crippen LogP contribution in [0.2, 0.25) is 0 Å². The molecule has 0 saturated carbocycles. The zero-order chi connectivity index (χ0) is 16.2. The number of carbonyl (C=O) groups is 1. The molecule has 0 bridgehead atoms. The Morgan fingerprint density at radius 2 is 2.00 bits per heavy atom. The van der Waals surface area contributed by atoms with E-state index >= 15 is 0 Å². The second-order valence-corrected chi connectivity index (χ2v) is 5.93. The van der Waals surface area contributed by atoms with Gasteiger partial charge in [0.05, 0.1) is 0 Å². The molecule has 5 nitrogen and oxygen atoms in total. The largest absolute Gasteiger partial charge is 0.481 e. The molecule has 3 rings (SSSR count). The molecule has 1 unspecified atom stereocenters. The van der Waals surface area contributed by atoms with Crippen molar-refractivity contribution in [3.63, 3.8) is 0 Å². The van der Waals surface area contributed by atoms with Crippen LogP contribution in [0.1, 0.15) is 6.42 Å². The summed E-state index contributed by atoms with van der Waals surface area (Å²) in [5, 5.41) is 3.32. The van der Waals surface area contributed by atoms with Gasteiger partial charge in [-0.15, -0.1) is 12.4 Å². The molecule has 0 aliphatic carbocycles. The molecule has 0 radical (unpaired) electrons. The summed E-state index contributed by atoms with van der Waals surface area (Å²) in [5.74, 6) is -1.72. The Kier molecular flexibility index (Phi) is 6.77. The number of nitrogens with one attached hydrogen (secondary N) is 1. The molecule has 8 heteroatoms. The number of rotatable bonds is 4. The highest BCUT2D eigenvalue weighted by Gasteiger charge is 2.31. The average Bonchev–Trinajstić information content (AvgIpc) is 3.05. The normalized spacial score (nSPS) is 21.4. The SMILES string of the molecule is Cl.O=C(COc1ccc(F)cc1F)N1CCC(N2CCNCC2)C1. The third kappa shape index (κ3) is 4.55. The molecule has 1 N–H and O–H groups in total. The van der Waals surface area contributed by atoms with E-state index in [0.717, 1.165) is 44.7 Å². The summed E-state index contributed by atoms with van der Waals surface area (Å²) < 4.78 is 31.5. The molecule has 0 aromatic heterocycles. The van der Waals surface area contributed by atoms with Crippen molar-refractivity contribution in [2.45, 2.75) is 12.5 Å². The minimum atomic E-state index is -0.794. The zero-order valence-electron chi connectivity index (χ0n) is 13.3. The third-order valence-corrected chi connectivity index (χ3v) is 4.43. The van der Waals surface area contributed by atoms with Crippen LogP contribution in [0.25, 0.3) is 0 Å². The van der Waals surface area contributed by atoms with E-state index in [0.29, 0.717) is 19.1 Å². The first-order valence-corrected chi connectivity index (χ1v) is 7.94. The number of piperazine rings is 1. The number of hydrogen-bond acceptors (Lipinski definition) is 4. The Morgan fingerprint density at radius 1 is 1.25 bits per heavy atom. The van der Waals surface area contributed by atoms with E-state index in [-0.39, 0.29) is 30.7 Å². The Hall–Kier alpha value is -1.44. The van der Waals surface area contributed by atoms with Gasteiger partial charge in [0, 0.05) is 51.4 Å². The quantitative estimate of drug-likeness (QED) is 0.877. The molecule has 2 aliphatic heterocycles. The van der Waals surface area contributed by atoms with Crippen molar-refractivity contribution in [2.75, 3.05) is 45.9 Å². The molecule has 1 aromatic rings. The second kappa shape index (κ2) is 8.60. The van der Waals surface area contributed by atoms with Gasteiger partial charge in [0.1, 0.15) is 5.82 Å². The van der Waals surface area contributed by atoms with Gasteiger partial charge in [-0.2, -0.15) is 0 Å². The average molecular weight is 362 g/mol. The number of likely N-dealkylation sites (tertiary alicyclic amines) is 1. The standard InChI is InChI=1S/C16H21F2N3O2.ClH/c17-12-1-2-15(14(18)9-12)23-11-16(22)21-6-3-13(10-21)20-7-4-19-5-8-20;/h1-2,9,13,19H,3-8,10-11H2;1H. The van der Waals surface area contributed by atoms with E-state index in [1.807, 2.05) is 0 Å². The summed E-state index contributed by atoms with van der Waals surface area (Å²) >= 11 is 0. The summed E-state index contributed by atoms with van der Waals surface area (Å²) in [5.41, 5.74) is 0. The Balaban J connectivity index is 0.00000208. The topological polar surface area (TPSA) is 44.8 Å². The molecule has 2 saturated heterocycles. The molecule has 1 amide bonds. The lowest BCUT2D eigenvalue weighted by Gasteiger charge is -2.32. The van der Waals surface area contributed by atoms with E-state index in [4.69, 9.17) is 4.74 Å². The number of ether oxygens (including phenoxy) is 1. The summed E-state index contributed by atoms with van der Waals surface area (Å²) in [7, 11) is 0. The van der Waals surface area contributed by atoms with E-state index in [1.54, 1.807) is 4.90 Å². The van der Waals surface area contributed by atoms with Crippen LogP contribution in [-0.4, -0.2) is 67.6 Å². The molecule has 2 fully saturated rings. The van der Waals surface area contributed by atoms with Gasteiger partial charge in [0.15, 0.2) is 18.2 Å². The molecule has 2 heterocycles. The predicted octanol–water partition coefficient (Wildman–Crippen LogP) is 1.27. The molecule has 24 heavy (non-hydrogen) atoms. The van der Waals surface area contributed by atoms with Crippen LogP contribution in [0.3, 0.4) is 0 Å². The molecular formula is C16H22ClF2N3O2. The van der Waals surface area contributed by atoms with Crippen LogP contribution >= 0.6 is 12.4 Å². The fraction of sp³-hybridized carbons (Fsp3) is 0.562. The van der Waals surface area contributed by atoms with Gasteiger partial charge >= 0.3 is 0 Å². The van der Waals surface area contributed by atoms with Crippen molar-refractivity contribution >= 4 is 18.3 Å². The maximum atomic E-state index is 13.5. The summed E-state index contributed by atoms with van der Waals surface area (Å²) in [4.78, 5) is 16.4. The molecule has 2 aliphatic rings. The Labute approximate surface area is 146 Å². The monoisotopic (exact) mass is 361 g/mol. The van der Waals surface area contributed by atoms with Crippen LogP contribution in [0.5, 0.6) is 5.75 Å². The highest BCUT2D eigenvalue weighted by Crippen LogP contribution is 2.19. The number of hydrogen-bond donors (Lipinski definition) is 1. The van der Waals surface area contributed by atoms with Gasteiger partial charge < -0.3 is 15.0 Å². The van der Waals surface area contributed by atoms with Crippen LogP contribution in [-0.2, 0) is 4.79 Å². The van der Waals surface area contributed by atoms with Crippen molar-refractivity contribution in [2.24, 2.45) is 0 Å². The second-order valence-electron chi connectivity index (χ2n) is 5.93. The van der Waals surface area contributed by atoms with E-state index in [9.17, 15) is 13.6 Å². The zero-order valence-corrected chi connectivity index (χ0v) is 14.2. The van der Waals surface area contributed by atoms with Crippen LogP contribution in [0.15, 0.2) is 18.2 Å². The maximum Gasteiger partial charge on any atom is 0.260 e. The molecule has 1 aromatic carbocycles. The van der Waals surface area contributed by atoms with Gasteiger partial charge in [-0.05, 0) is 18.6 Å². The smallest absolute Gasteiger partial charge is 0.260 e. The predicted molar refractivity (Wildman–Crippen MR) is 88.5 cm³/mol. The van der Waals surface area contributed by atoms with Crippen LogP contribution in [0.4, 0.5) is 8.78 Å². The van der Waals surface area contributed by atoms with E-state index in [1.165, 1.54) is 6.07 Å². The van der Waals surface area contributed by atoms with Crippen LogP contribution in [0, 0.1) is 11.6 Å². The minimum absolute atomic E-state index is 0. The van der Waals surface area contributed by atoms with Gasteiger partial charge in [0.25, 0.3) is 5.91 Å². The maximum absolute atomic E-state index is 13.5. The molecule has 0 spiro atoms. The lowest BCUT2D eigenvalue weighted by atomic mass is 10.2. The van der Waals surface area contributed by atoms with Gasteiger partial charge in [-0.25, -0.2) is 8.78 Å². The number of nitrogens with zero attached hydrogens (tertiary/aromatic N) is 2. The summed E-state index contributed by atoms with van der Waals surface area (Å²) in [6.07, 6.45) is 0.955.